The fourth-order valence-electron chi connectivity index (χ4n) is 3.35. The molecule has 0 saturated carbocycles. The number of amides is 2. The summed E-state index contributed by atoms with van der Waals surface area (Å²) in [5.41, 5.74) is 0.592. The number of likely N-dealkylation sites (tertiary alicyclic amines) is 1. The number of nitrogens with one attached hydrogen (secondary N) is 1. The topological polar surface area (TPSA) is 102 Å². The molecular formula is C22H25N3O5. The van der Waals surface area contributed by atoms with E-state index in [9.17, 15) is 19.7 Å². The minimum absolute atomic E-state index is 0.0111. The van der Waals surface area contributed by atoms with Crippen molar-refractivity contribution in [1.82, 2.24) is 4.90 Å². The molecule has 8 heteroatoms. The monoisotopic (exact) mass is 411 g/mol. The van der Waals surface area contributed by atoms with Crippen LogP contribution in [0.5, 0.6) is 5.75 Å². The molecule has 0 unspecified atom stereocenters. The Morgan fingerprint density at radius 2 is 1.77 bits per heavy atom. The van der Waals surface area contributed by atoms with E-state index in [-0.39, 0.29) is 17.3 Å². The molecule has 1 atom stereocenters. The maximum Gasteiger partial charge on any atom is 0.310 e. The van der Waals surface area contributed by atoms with Gasteiger partial charge in [0.05, 0.1) is 16.2 Å². The number of hydrogen-bond donors (Lipinski definition) is 1. The molecule has 1 fully saturated rings. The Morgan fingerprint density at radius 1 is 1.13 bits per heavy atom. The lowest BCUT2D eigenvalue weighted by atomic mass is 9.98. The third kappa shape index (κ3) is 4.94. The molecule has 158 valence electrons. The summed E-state index contributed by atoms with van der Waals surface area (Å²) in [6, 6.07) is 12.7. The molecule has 1 N–H and O–H groups in total. The van der Waals surface area contributed by atoms with Crippen molar-refractivity contribution < 1.29 is 19.2 Å². The van der Waals surface area contributed by atoms with Crippen LogP contribution in [0, 0.1) is 16.0 Å². The first-order chi connectivity index (χ1) is 14.4. The molecule has 0 aliphatic carbocycles. The van der Waals surface area contributed by atoms with E-state index in [2.05, 4.69) is 12.2 Å². The second-order valence-electron chi connectivity index (χ2n) is 7.49. The third-order valence-electron chi connectivity index (χ3n) is 5.22. The molecule has 3 rings (SSSR count). The number of para-hydroxylation sites is 3. The van der Waals surface area contributed by atoms with E-state index in [0.717, 1.165) is 12.8 Å². The molecule has 0 radical (unpaired) electrons. The summed E-state index contributed by atoms with van der Waals surface area (Å²) in [6.45, 7) is 5.07. The molecule has 1 saturated heterocycles. The molecule has 0 aromatic heterocycles. The van der Waals surface area contributed by atoms with Crippen molar-refractivity contribution in [3.05, 3.63) is 64.2 Å². The maximum absolute atomic E-state index is 13.0. The van der Waals surface area contributed by atoms with Gasteiger partial charge >= 0.3 is 5.69 Å². The molecule has 2 amide bonds. The van der Waals surface area contributed by atoms with Gasteiger partial charge in [0.25, 0.3) is 11.8 Å². The number of benzene rings is 2. The van der Waals surface area contributed by atoms with E-state index in [1.807, 2.05) is 0 Å². The number of ether oxygens (including phenoxy) is 1. The van der Waals surface area contributed by atoms with Gasteiger partial charge in [0.1, 0.15) is 0 Å². The number of carbonyl (C=O) groups excluding carboxylic acids is 2. The summed E-state index contributed by atoms with van der Waals surface area (Å²) in [6.07, 6.45) is 0.923. The van der Waals surface area contributed by atoms with E-state index in [4.69, 9.17) is 4.74 Å². The largest absolute Gasteiger partial charge is 0.474 e. The van der Waals surface area contributed by atoms with Crippen LogP contribution >= 0.6 is 0 Å². The predicted molar refractivity (Wildman–Crippen MR) is 113 cm³/mol. The van der Waals surface area contributed by atoms with Crippen molar-refractivity contribution in [2.24, 2.45) is 5.92 Å². The number of rotatable bonds is 6. The molecule has 1 heterocycles. The summed E-state index contributed by atoms with van der Waals surface area (Å²) in [5, 5.41) is 13.9. The first-order valence-corrected chi connectivity index (χ1v) is 9.96. The van der Waals surface area contributed by atoms with Gasteiger partial charge in [0.2, 0.25) is 0 Å². The van der Waals surface area contributed by atoms with Crippen molar-refractivity contribution >= 4 is 23.2 Å². The fourth-order valence-corrected chi connectivity index (χ4v) is 3.35. The van der Waals surface area contributed by atoms with Crippen LogP contribution < -0.4 is 10.1 Å². The number of piperidine rings is 1. The Balaban J connectivity index is 1.71. The van der Waals surface area contributed by atoms with Crippen LogP contribution in [0.25, 0.3) is 0 Å². The van der Waals surface area contributed by atoms with Crippen molar-refractivity contribution in [2.45, 2.75) is 32.8 Å². The standard InChI is InChI=1S/C22H25N3O5/c1-15-11-13-24(14-12-15)22(27)17-7-3-4-8-18(17)23-21(26)16(2)30-20-10-6-5-9-19(20)25(28)29/h3-10,15-16H,11-14H2,1-2H3,(H,23,26)/t16-/m1/s1. The Bertz CT molecular complexity index is 938. The smallest absolute Gasteiger partial charge is 0.310 e. The zero-order valence-electron chi connectivity index (χ0n) is 17.0. The molecule has 30 heavy (non-hydrogen) atoms. The van der Waals surface area contributed by atoms with Crippen LogP contribution in [0.4, 0.5) is 11.4 Å². The Morgan fingerprint density at radius 3 is 2.47 bits per heavy atom. The summed E-state index contributed by atoms with van der Waals surface area (Å²) >= 11 is 0. The minimum atomic E-state index is -0.995. The number of nitro benzene ring substituents is 1. The lowest BCUT2D eigenvalue weighted by molar-refractivity contribution is -0.386. The van der Waals surface area contributed by atoms with Gasteiger partial charge in [0, 0.05) is 19.2 Å². The Kier molecular flexibility index (Phi) is 6.66. The van der Waals surface area contributed by atoms with Crippen LogP contribution in [0.15, 0.2) is 48.5 Å². The normalized spacial score (nSPS) is 15.3. The second kappa shape index (κ2) is 9.39. The lowest BCUT2D eigenvalue weighted by Crippen LogP contribution is -2.38. The summed E-state index contributed by atoms with van der Waals surface area (Å²) < 4.78 is 5.52. The van der Waals surface area contributed by atoms with Crippen molar-refractivity contribution in [1.29, 1.82) is 0 Å². The summed E-state index contributed by atoms with van der Waals surface area (Å²) in [7, 11) is 0. The zero-order chi connectivity index (χ0) is 21.7. The van der Waals surface area contributed by atoms with E-state index in [1.54, 1.807) is 35.2 Å². The summed E-state index contributed by atoms with van der Waals surface area (Å²) in [5.74, 6) is -0.00766. The first kappa shape index (κ1) is 21.3. The minimum Gasteiger partial charge on any atom is -0.474 e. The molecule has 0 bridgehead atoms. The van der Waals surface area contributed by atoms with Crippen molar-refractivity contribution in [3.63, 3.8) is 0 Å². The average molecular weight is 411 g/mol. The molecule has 2 aromatic carbocycles. The zero-order valence-corrected chi connectivity index (χ0v) is 17.0. The predicted octanol–water partition coefficient (Wildman–Crippen LogP) is 3.87. The SMILES string of the molecule is CC1CCN(C(=O)c2ccccc2NC(=O)[C@@H](C)Oc2ccccc2[N+](=O)[O-])CC1. The highest BCUT2D eigenvalue weighted by Gasteiger charge is 2.25. The molecule has 2 aromatic rings. The number of nitro groups is 1. The number of hydrogen-bond acceptors (Lipinski definition) is 5. The lowest BCUT2D eigenvalue weighted by Gasteiger charge is -2.31. The van der Waals surface area contributed by atoms with Crippen LogP contribution in [-0.4, -0.2) is 40.8 Å². The highest BCUT2D eigenvalue weighted by Crippen LogP contribution is 2.27. The van der Waals surface area contributed by atoms with Crippen molar-refractivity contribution in [2.75, 3.05) is 18.4 Å². The van der Waals surface area contributed by atoms with E-state index in [1.165, 1.54) is 25.1 Å². The summed E-state index contributed by atoms with van der Waals surface area (Å²) in [4.78, 5) is 38.0. The van der Waals surface area contributed by atoms with Gasteiger partial charge in [-0.25, -0.2) is 0 Å². The highest BCUT2D eigenvalue weighted by molar-refractivity contribution is 6.04. The van der Waals surface area contributed by atoms with Gasteiger partial charge in [-0.3, -0.25) is 19.7 Å². The quantitative estimate of drug-likeness (QED) is 0.574. The fraction of sp³-hybridized carbons (Fsp3) is 0.364. The van der Waals surface area contributed by atoms with Gasteiger partial charge in [0.15, 0.2) is 11.9 Å². The molecule has 1 aliphatic heterocycles. The van der Waals surface area contributed by atoms with Gasteiger partial charge in [-0.05, 0) is 43.9 Å². The van der Waals surface area contributed by atoms with E-state index in [0.29, 0.717) is 30.3 Å². The highest BCUT2D eigenvalue weighted by atomic mass is 16.6. The molecule has 8 nitrogen and oxygen atoms in total. The molecular weight excluding hydrogens is 386 g/mol. The van der Waals surface area contributed by atoms with Crippen molar-refractivity contribution in [3.8, 4) is 5.75 Å². The maximum atomic E-state index is 13.0. The number of anilines is 1. The molecule has 1 aliphatic rings. The number of carbonyl (C=O) groups is 2. The first-order valence-electron chi connectivity index (χ1n) is 9.96. The van der Waals surface area contributed by atoms with Gasteiger partial charge in [-0.2, -0.15) is 0 Å². The Hall–Kier alpha value is -3.42. The third-order valence-corrected chi connectivity index (χ3v) is 5.22. The van der Waals surface area contributed by atoms with Crippen LogP contribution in [0.2, 0.25) is 0 Å². The van der Waals surface area contributed by atoms with Gasteiger partial charge < -0.3 is 15.0 Å². The molecule has 0 spiro atoms. The van der Waals surface area contributed by atoms with Gasteiger partial charge in [-0.15, -0.1) is 0 Å². The van der Waals surface area contributed by atoms with E-state index >= 15 is 0 Å². The number of nitrogens with zero attached hydrogens (tertiary/aromatic N) is 2. The van der Waals surface area contributed by atoms with E-state index < -0.39 is 16.9 Å². The van der Waals surface area contributed by atoms with Gasteiger partial charge in [-0.1, -0.05) is 31.2 Å². The van der Waals surface area contributed by atoms with Crippen LogP contribution in [0.3, 0.4) is 0 Å². The van der Waals surface area contributed by atoms with Crippen LogP contribution in [0.1, 0.15) is 37.0 Å². The Labute approximate surface area is 175 Å². The average Bonchev–Trinajstić information content (AvgIpc) is 2.74. The second-order valence-corrected chi connectivity index (χ2v) is 7.49. The van der Waals surface area contributed by atoms with Crippen LogP contribution in [-0.2, 0) is 4.79 Å².